The highest BCUT2D eigenvalue weighted by atomic mass is 35.5. The quantitative estimate of drug-likeness (QED) is 0.492. The first-order chi connectivity index (χ1) is 11.3. The highest BCUT2D eigenvalue weighted by molar-refractivity contribution is 6.30. The zero-order valence-corrected chi connectivity index (χ0v) is 15.7. The van der Waals surface area contributed by atoms with Crippen molar-refractivity contribution in [3.05, 3.63) is 71.8 Å². The maximum Gasteiger partial charge on any atom is 0.165 e. The van der Waals surface area contributed by atoms with Crippen molar-refractivity contribution in [1.29, 1.82) is 0 Å². The molecule has 3 rings (SSSR count). The minimum Gasteiger partial charge on any atom is -0.415 e. The number of hydrogen-bond donors (Lipinski definition) is 0. The minimum absolute atomic E-state index is 0.0335. The van der Waals surface area contributed by atoms with Crippen LogP contribution in [-0.2, 0) is 4.43 Å². The summed E-state index contributed by atoms with van der Waals surface area (Å²) in [6.45, 7) is 0. The molecule has 0 amide bonds. The zero-order valence-electron chi connectivity index (χ0n) is 13.5. The lowest BCUT2D eigenvalue weighted by atomic mass is 10.0. The average molecular weight is 345 g/mol. The van der Waals surface area contributed by atoms with Crippen molar-refractivity contribution < 1.29 is 4.43 Å². The summed E-state index contributed by atoms with van der Waals surface area (Å²) < 4.78 is 6.49. The van der Waals surface area contributed by atoms with Gasteiger partial charge in [0, 0.05) is 0 Å². The lowest BCUT2D eigenvalue weighted by Crippen LogP contribution is -2.18. The van der Waals surface area contributed by atoms with E-state index in [2.05, 4.69) is 36.4 Å². The van der Waals surface area contributed by atoms with E-state index < -0.39 is 9.76 Å². The van der Waals surface area contributed by atoms with Gasteiger partial charge in [-0.05, 0) is 16.7 Å². The van der Waals surface area contributed by atoms with Crippen molar-refractivity contribution in [2.45, 2.75) is 49.1 Å². The molecule has 3 heteroatoms. The Morgan fingerprint density at radius 2 is 1.39 bits per heavy atom. The molecule has 0 N–H and O–H groups in total. The lowest BCUT2D eigenvalue weighted by Gasteiger charge is -2.28. The second kappa shape index (κ2) is 8.67. The summed E-state index contributed by atoms with van der Waals surface area (Å²) in [5.41, 5.74) is 3.16. The molecule has 2 unspecified atom stereocenters. The van der Waals surface area contributed by atoms with Crippen LogP contribution < -0.4 is 0 Å². The van der Waals surface area contributed by atoms with Crippen LogP contribution in [0.2, 0.25) is 5.54 Å². The van der Waals surface area contributed by atoms with Crippen LogP contribution in [0.5, 0.6) is 0 Å². The topological polar surface area (TPSA) is 9.23 Å². The van der Waals surface area contributed by atoms with E-state index in [1.165, 1.54) is 37.7 Å². The molecule has 0 aromatic heterocycles. The number of rotatable bonds is 6. The van der Waals surface area contributed by atoms with E-state index in [1.807, 2.05) is 24.3 Å². The summed E-state index contributed by atoms with van der Waals surface area (Å²) in [6.07, 6.45) is 6.82. The van der Waals surface area contributed by atoms with Crippen LogP contribution in [0.25, 0.3) is 0 Å². The molecule has 23 heavy (non-hydrogen) atoms. The molecule has 0 aliphatic heterocycles. The fourth-order valence-electron chi connectivity index (χ4n) is 3.40. The summed E-state index contributed by atoms with van der Waals surface area (Å²) in [5, 5.41) is -0.130. The Bertz CT molecular complexity index is 569. The Morgan fingerprint density at radius 1 is 0.826 bits per heavy atom. The largest absolute Gasteiger partial charge is 0.415 e. The Hall–Kier alpha value is -1.09. The SMILES string of the molecule is ClC(c1ccccc1)C(O[SiH2]C1CCCCC1)c1ccccc1. The molecular weight excluding hydrogens is 320 g/mol. The normalized spacial score (nSPS) is 19.0. The Labute approximate surface area is 147 Å². The van der Waals surface area contributed by atoms with E-state index in [-0.39, 0.29) is 11.5 Å². The first-order valence-electron chi connectivity index (χ1n) is 8.70. The van der Waals surface area contributed by atoms with Gasteiger partial charge in [0.15, 0.2) is 9.76 Å². The van der Waals surface area contributed by atoms with E-state index in [0.717, 1.165) is 11.1 Å². The van der Waals surface area contributed by atoms with Crippen LogP contribution in [0.15, 0.2) is 60.7 Å². The zero-order chi connectivity index (χ0) is 15.9. The van der Waals surface area contributed by atoms with Crippen molar-refractivity contribution >= 4 is 21.4 Å². The highest BCUT2D eigenvalue weighted by Crippen LogP contribution is 2.38. The van der Waals surface area contributed by atoms with Crippen molar-refractivity contribution in [3.8, 4) is 0 Å². The molecule has 122 valence electrons. The molecule has 1 aliphatic rings. The minimum atomic E-state index is -0.558. The Balaban J connectivity index is 1.73. The van der Waals surface area contributed by atoms with Crippen LogP contribution >= 0.6 is 11.6 Å². The van der Waals surface area contributed by atoms with Crippen molar-refractivity contribution in [2.75, 3.05) is 0 Å². The molecule has 2 atom stereocenters. The van der Waals surface area contributed by atoms with Gasteiger partial charge in [0.25, 0.3) is 0 Å². The first kappa shape index (κ1) is 16.8. The molecule has 1 saturated carbocycles. The lowest BCUT2D eigenvalue weighted by molar-refractivity contribution is 0.203. The van der Waals surface area contributed by atoms with Gasteiger partial charge in [-0.25, -0.2) is 0 Å². The fraction of sp³-hybridized carbons (Fsp3) is 0.400. The molecule has 2 aromatic rings. The van der Waals surface area contributed by atoms with Crippen molar-refractivity contribution in [1.82, 2.24) is 0 Å². The molecule has 1 nitrogen and oxygen atoms in total. The monoisotopic (exact) mass is 344 g/mol. The van der Waals surface area contributed by atoms with E-state index in [0.29, 0.717) is 0 Å². The second-order valence-electron chi connectivity index (χ2n) is 6.48. The van der Waals surface area contributed by atoms with Gasteiger partial charge in [0.1, 0.15) is 0 Å². The molecule has 1 fully saturated rings. The first-order valence-corrected chi connectivity index (χ1v) is 10.5. The number of alkyl halides is 1. The van der Waals surface area contributed by atoms with Crippen molar-refractivity contribution in [2.24, 2.45) is 0 Å². The molecule has 0 radical (unpaired) electrons. The molecule has 1 aliphatic carbocycles. The standard InChI is InChI=1S/C20H25ClOSi/c21-19(16-10-4-1-5-11-16)20(17-12-6-2-7-13-17)22-23-18-14-8-3-9-15-18/h1-2,4-7,10-13,18-20H,3,8-9,14-15,23H2. The smallest absolute Gasteiger partial charge is 0.165 e. The van der Waals surface area contributed by atoms with Crippen LogP contribution in [-0.4, -0.2) is 9.76 Å². The molecule has 0 spiro atoms. The maximum atomic E-state index is 6.82. The van der Waals surface area contributed by atoms with Crippen molar-refractivity contribution in [3.63, 3.8) is 0 Å². The van der Waals surface area contributed by atoms with Gasteiger partial charge in [0.2, 0.25) is 0 Å². The van der Waals surface area contributed by atoms with Crippen LogP contribution in [0, 0.1) is 0 Å². The van der Waals surface area contributed by atoms with Gasteiger partial charge < -0.3 is 4.43 Å². The number of hydrogen-bond acceptors (Lipinski definition) is 1. The van der Waals surface area contributed by atoms with Gasteiger partial charge in [-0.1, -0.05) is 92.8 Å². The van der Waals surface area contributed by atoms with Crippen LogP contribution in [0.4, 0.5) is 0 Å². The maximum absolute atomic E-state index is 6.82. The summed E-state index contributed by atoms with van der Waals surface area (Å²) in [7, 11) is -0.558. The van der Waals surface area contributed by atoms with Gasteiger partial charge in [-0.2, -0.15) is 0 Å². The summed E-state index contributed by atoms with van der Waals surface area (Å²) in [6, 6.07) is 20.8. The second-order valence-corrected chi connectivity index (χ2v) is 8.77. The predicted molar refractivity (Wildman–Crippen MR) is 101 cm³/mol. The third kappa shape index (κ3) is 4.69. The van der Waals surface area contributed by atoms with E-state index in [9.17, 15) is 0 Å². The van der Waals surface area contributed by atoms with Gasteiger partial charge >= 0.3 is 0 Å². The summed E-state index contributed by atoms with van der Waals surface area (Å²) in [4.78, 5) is 0. The van der Waals surface area contributed by atoms with Crippen LogP contribution in [0.1, 0.15) is 54.7 Å². The Morgan fingerprint density at radius 3 is 2.00 bits per heavy atom. The number of halogens is 1. The van der Waals surface area contributed by atoms with Gasteiger partial charge in [-0.15, -0.1) is 11.6 Å². The average Bonchev–Trinajstić information content (AvgIpc) is 2.64. The van der Waals surface area contributed by atoms with E-state index >= 15 is 0 Å². The van der Waals surface area contributed by atoms with Gasteiger partial charge in [-0.3, -0.25) is 0 Å². The molecular formula is C20H25ClOSi. The van der Waals surface area contributed by atoms with Gasteiger partial charge in [0.05, 0.1) is 11.5 Å². The van der Waals surface area contributed by atoms with E-state index in [4.69, 9.17) is 16.0 Å². The molecule has 0 bridgehead atoms. The summed E-state index contributed by atoms with van der Waals surface area (Å²) >= 11 is 6.82. The highest BCUT2D eigenvalue weighted by Gasteiger charge is 2.25. The van der Waals surface area contributed by atoms with E-state index in [1.54, 1.807) is 0 Å². The summed E-state index contributed by atoms with van der Waals surface area (Å²) in [5.74, 6) is 0. The third-order valence-electron chi connectivity index (χ3n) is 4.75. The van der Waals surface area contributed by atoms with Crippen LogP contribution in [0.3, 0.4) is 0 Å². The molecule has 0 saturated heterocycles. The third-order valence-corrected chi connectivity index (χ3v) is 7.07. The fourth-order valence-corrected chi connectivity index (χ4v) is 5.66. The predicted octanol–water partition coefficient (Wildman–Crippen LogP) is 5.56. The Kier molecular flexibility index (Phi) is 6.32. The number of benzene rings is 2. The molecule has 0 heterocycles. The molecule has 2 aromatic carbocycles.